The van der Waals surface area contributed by atoms with Crippen LogP contribution in [0.5, 0.6) is 0 Å². The molecule has 1 unspecified atom stereocenters. The van der Waals surface area contributed by atoms with Crippen molar-refractivity contribution in [3.05, 3.63) is 83.4 Å². The van der Waals surface area contributed by atoms with E-state index < -0.39 is 0 Å². The monoisotopic (exact) mass is 396 g/mol. The Labute approximate surface area is 170 Å². The van der Waals surface area contributed by atoms with E-state index in [1.165, 1.54) is 11.1 Å². The number of nitrogens with one attached hydrogen (secondary N) is 1. The highest BCUT2D eigenvalue weighted by Crippen LogP contribution is 2.27. The number of halogens is 1. The van der Waals surface area contributed by atoms with Crippen molar-refractivity contribution in [3.63, 3.8) is 0 Å². The lowest BCUT2D eigenvalue weighted by atomic mass is 10.0. The molecule has 146 valence electrons. The third kappa shape index (κ3) is 4.62. The number of hydrogen-bond acceptors (Lipinski definition) is 4. The summed E-state index contributed by atoms with van der Waals surface area (Å²) in [6, 6.07) is 16.9. The lowest BCUT2D eigenvalue weighted by Crippen LogP contribution is -2.42. The molecule has 0 saturated carbocycles. The van der Waals surface area contributed by atoms with E-state index in [0.717, 1.165) is 50.1 Å². The number of benzene rings is 2. The van der Waals surface area contributed by atoms with Crippen LogP contribution in [0.4, 0.5) is 0 Å². The Balaban J connectivity index is 1.40. The smallest absolute Gasteiger partial charge is 0.0991 e. The van der Waals surface area contributed by atoms with Crippen molar-refractivity contribution in [2.45, 2.75) is 12.6 Å². The van der Waals surface area contributed by atoms with E-state index in [-0.39, 0.29) is 6.04 Å². The zero-order valence-corrected chi connectivity index (χ0v) is 16.6. The van der Waals surface area contributed by atoms with Gasteiger partial charge in [-0.3, -0.25) is 4.90 Å². The normalized spacial score (nSPS) is 16.2. The molecule has 1 fully saturated rings. The molecule has 4 rings (SSSR count). The second-order valence-corrected chi connectivity index (χ2v) is 7.36. The summed E-state index contributed by atoms with van der Waals surface area (Å²) < 4.78 is 7.53. The minimum atomic E-state index is 0.239. The summed E-state index contributed by atoms with van der Waals surface area (Å²) in [5, 5.41) is 4.44. The average molecular weight is 397 g/mol. The van der Waals surface area contributed by atoms with Crippen molar-refractivity contribution in [2.24, 2.45) is 0 Å². The second-order valence-electron chi connectivity index (χ2n) is 6.95. The van der Waals surface area contributed by atoms with Crippen LogP contribution in [0.3, 0.4) is 0 Å². The topological polar surface area (TPSA) is 42.3 Å². The number of hydrogen-bond donors (Lipinski definition) is 1. The SMILES string of the molecule is Clc1ccccc1C(CNCc1ccc(-n2ccnc2)cc1)N1CCOCC1. The molecule has 2 heterocycles. The Morgan fingerprint density at radius 1 is 1.07 bits per heavy atom. The molecule has 0 radical (unpaired) electrons. The van der Waals surface area contributed by atoms with E-state index in [1.807, 2.05) is 29.2 Å². The molecule has 1 atom stereocenters. The van der Waals surface area contributed by atoms with E-state index in [2.05, 4.69) is 51.6 Å². The molecule has 3 aromatic rings. The van der Waals surface area contributed by atoms with Gasteiger partial charge in [0, 0.05) is 55.3 Å². The van der Waals surface area contributed by atoms with Gasteiger partial charge >= 0.3 is 0 Å². The molecular formula is C22H25ClN4O. The molecule has 5 nitrogen and oxygen atoms in total. The number of aromatic nitrogens is 2. The Morgan fingerprint density at radius 2 is 1.86 bits per heavy atom. The molecule has 1 saturated heterocycles. The first-order chi connectivity index (χ1) is 13.8. The summed E-state index contributed by atoms with van der Waals surface area (Å²) in [5.74, 6) is 0. The summed E-state index contributed by atoms with van der Waals surface area (Å²) in [4.78, 5) is 6.55. The van der Waals surface area contributed by atoms with Crippen LogP contribution in [0, 0.1) is 0 Å². The summed E-state index contributed by atoms with van der Waals surface area (Å²) in [6.07, 6.45) is 5.55. The van der Waals surface area contributed by atoms with Gasteiger partial charge in [0.2, 0.25) is 0 Å². The van der Waals surface area contributed by atoms with Gasteiger partial charge in [-0.2, -0.15) is 0 Å². The van der Waals surface area contributed by atoms with E-state index in [9.17, 15) is 0 Å². The summed E-state index contributed by atoms with van der Waals surface area (Å²) in [6.45, 7) is 5.06. The third-order valence-corrected chi connectivity index (χ3v) is 5.50. The molecule has 2 aromatic carbocycles. The maximum Gasteiger partial charge on any atom is 0.0991 e. The summed E-state index contributed by atoms with van der Waals surface area (Å²) in [7, 11) is 0. The van der Waals surface area contributed by atoms with Gasteiger partial charge < -0.3 is 14.6 Å². The van der Waals surface area contributed by atoms with Crippen LogP contribution in [0.25, 0.3) is 5.69 Å². The van der Waals surface area contributed by atoms with Gasteiger partial charge in [0.1, 0.15) is 0 Å². The first-order valence-electron chi connectivity index (χ1n) is 9.65. The first-order valence-corrected chi connectivity index (χ1v) is 10.0. The van der Waals surface area contributed by atoms with Crippen LogP contribution in [0.1, 0.15) is 17.2 Å². The number of imidazole rings is 1. The molecule has 0 spiro atoms. The van der Waals surface area contributed by atoms with Crippen LogP contribution in [0.15, 0.2) is 67.3 Å². The fourth-order valence-electron chi connectivity index (χ4n) is 3.62. The molecule has 1 aromatic heterocycles. The molecule has 1 N–H and O–H groups in total. The largest absolute Gasteiger partial charge is 0.379 e. The Bertz CT molecular complexity index is 861. The number of nitrogens with zero attached hydrogens (tertiary/aromatic N) is 3. The van der Waals surface area contributed by atoms with Crippen molar-refractivity contribution in [2.75, 3.05) is 32.8 Å². The molecule has 0 amide bonds. The molecule has 0 aliphatic carbocycles. The fraction of sp³-hybridized carbons (Fsp3) is 0.318. The minimum Gasteiger partial charge on any atom is -0.379 e. The molecule has 28 heavy (non-hydrogen) atoms. The average Bonchev–Trinajstić information content (AvgIpc) is 3.28. The molecular weight excluding hydrogens is 372 g/mol. The van der Waals surface area contributed by atoms with Crippen molar-refractivity contribution in [1.29, 1.82) is 0 Å². The van der Waals surface area contributed by atoms with Gasteiger partial charge in [0.05, 0.1) is 19.5 Å². The van der Waals surface area contributed by atoms with Gasteiger partial charge in [-0.15, -0.1) is 0 Å². The van der Waals surface area contributed by atoms with Crippen molar-refractivity contribution in [3.8, 4) is 5.69 Å². The van der Waals surface area contributed by atoms with Gasteiger partial charge in [-0.05, 0) is 29.3 Å². The lowest BCUT2D eigenvalue weighted by molar-refractivity contribution is 0.0161. The highest BCUT2D eigenvalue weighted by molar-refractivity contribution is 6.31. The zero-order chi connectivity index (χ0) is 19.2. The quantitative estimate of drug-likeness (QED) is 0.661. The molecule has 0 bridgehead atoms. The summed E-state index contributed by atoms with van der Waals surface area (Å²) >= 11 is 6.51. The molecule has 6 heteroatoms. The van der Waals surface area contributed by atoms with Crippen LogP contribution >= 0.6 is 11.6 Å². The van der Waals surface area contributed by atoms with Crippen LogP contribution in [-0.2, 0) is 11.3 Å². The molecule has 1 aliphatic rings. The van der Waals surface area contributed by atoms with Crippen molar-refractivity contribution in [1.82, 2.24) is 19.8 Å². The van der Waals surface area contributed by atoms with Crippen LogP contribution in [0.2, 0.25) is 5.02 Å². The van der Waals surface area contributed by atoms with Crippen molar-refractivity contribution < 1.29 is 4.74 Å². The van der Waals surface area contributed by atoms with Gasteiger partial charge in [0.25, 0.3) is 0 Å². The number of morpholine rings is 1. The van der Waals surface area contributed by atoms with E-state index >= 15 is 0 Å². The van der Waals surface area contributed by atoms with E-state index in [1.54, 1.807) is 6.20 Å². The van der Waals surface area contributed by atoms with E-state index in [0.29, 0.717) is 0 Å². The predicted molar refractivity (Wildman–Crippen MR) is 112 cm³/mol. The van der Waals surface area contributed by atoms with Crippen molar-refractivity contribution >= 4 is 11.6 Å². The van der Waals surface area contributed by atoms with E-state index in [4.69, 9.17) is 16.3 Å². The standard InChI is InChI=1S/C22H25ClN4O/c23-21-4-2-1-3-20(21)22(26-11-13-28-14-12-26)16-25-15-18-5-7-19(8-6-18)27-10-9-24-17-27/h1-10,17,22,25H,11-16H2. The maximum atomic E-state index is 6.51. The highest BCUT2D eigenvalue weighted by atomic mass is 35.5. The maximum absolute atomic E-state index is 6.51. The minimum absolute atomic E-state index is 0.239. The van der Waals surface area contributed by atoms with Gasteiger partial charge in [-0.1, -0.05) is 41.9 Å². The van der Waals surface area contributed by atoms with Crippen LogP contribution in [-0.4, -0.2) is 47.3 Å². The summed E-state index contributed by atoms with van der Waals surface area (Å²) in [5.41, 5.74) is 3.54. The highest BCUT2D eigenvalue weighted by Gasteiger charge is 2.23. The van der Waals surface area contributed by atoms with Gasteiger partial charge in [0.15, 0.2) is 0 Å². The predicted octanol–water partition coefficient (Wildman–Crippen LogP) is 3.69. The molecule has 1 aliphatic heterocycles. The number of rotatable bonds is 7. The Morgan fingerprint density at radius 3 is 2.57 bits per heavy atom. The Hall–Kier alpha value is -2.18. The number of ether oxygens (including phenoxy) is 1. The first kappa shape index (κ1) is 19.2. The third-order valence-electron chi connectivity index (χ3n) is 5.16. The van der Waals surface area contributed by atoms with Gasteiger partial charge in [-0.25, -0.2) is 4.98 Å². The zero-order valence-electron chi connectivity index (χ0n) is 15.8. The van der Waals surface area contributed by atoms with Crippen LogP contribution < -0.4 is 5.32 Å². The fourth-order valence-corrected chi connectivity index (χ4v) is 3.88. The lowest BCUT2D eigenvalue weighted by Gasteiger charge is -2.35. The second kappa shape index (κ2) is 9.34. The Kier molecular flexibility index (Phi) is 6.39.